The summed E-state index contributed by atoms with van der Waals surface area (Å²) >= 11 is 0. The van der Waals surface area contributed by atoms with Crippen molar-refractivity contribution in [3.05, 3.63) is 65.2 Å². The largest absolute Gasteiger partial charge is 0.366 e. The number of likely N-dealkylation sites (tertiary alicyclic amines) is 1. The second-order valence-electron chi connectivity index (χ2n) is 8.25. The Balaban J connectivity index is 1.25. The van der Waals surface area contributed by atoms with Crippen molar-refractivity contribution in [2.24, 2.45) is 11.7 Å². The number of primary amides is 1. The van der Waals surface area contributed by atoms with E-state index >= 15 is 0 Å². The van der Waals surface area contributed by atoms with E-state index in [4.69, 9.17) is 5.73 Å². The van der Waals surface area contributed by atoms with Crippen LogP contribution in [0.25, 0.3) is 0 Å². The van der Waals surface area contributed by atoms with Crippen molar-refractivity contribution in [1.82, 2.24) is 4.90 Å². The number of rotatable bonds is 6. The summed E-state index contributed by atoms with van der Waals surface area (Å²) in [4.78, 5) is 26.3. The topological polar surface area (TPSA) is 75.4 Å². The molecule has 0 spiro atoms. The number of nitrogens with two attached hydrogens (primary N) is 1. The fourth-order valence-corrected chi connectivity index (χ4v) is 4.96. The summed E-state index contributed by atoms with van der Waals surface area (Å²) in [5, 5.41) is 2.83. The second-order valence-corrected chi connectivity index (χ2v) is 8.25. The molecule has 4 rings (SSSR count). The zero-order valence-corrected chi connectivity index (χ0v) is 16.8. The fourth-order valence-electron chi connectivity index (χ4n) is 4.96. The first-order valence-electron chi connectivity index (χ1n) is 10.6. The number of carbonyl (C=O) groups is 2. The standard InChI is InChI=1S/C24H29N3O2/c25-24(29)21-8-3-4-9-22(21)26-23(28)10-5-14-27-15-13-20-18(16-27)12-11-17-6-1-2-7-19(17)20/h1-4,6-9,18,20H,5,10-16H2,(H2,25,29)(H,26,28)/t18-,20+/m1/s1. The molecule has 152 valence electrons. The van der Waals surface area contributed by atoms with Gasteiger partial charge in [0.05, 0.1) is 11.3 Å². The normalized spacial score (nSPS) is 21.1. The molecule has 0 saturated carbocycles. The number of carbonyl (C=O) groups excluding carboxylic acids is 2. The zero-order chi connectivity index (χ0) is 20.2. The Labute approximate surface area is 172 Å². The van der Waals surface area contributed by atoms with Gasteiger partial charge < -0.3 is 16.0 Å². The Hall–Kier alpha value is -2.66. The van der Waals surface area contributed by atoms with Crippen LogP contribution in [0.1, 0.15) is 53.1 Å². The van der Waals surface area contributed by atoms with Crippen LogP contribution in [0.2, 0.25) is 0 Å². The van der Waals surface area contributed by atoms with Crippen LogP contribution >= 0.6 is 0 Å². The molecule has 1 aliphatic carbocycles. The van der Waals surface area contributed by atoms with Crippen molar-refractivity contribution in [2.45, 2.75) is 38.0 Å². The first-order chi connectivity index (χ1) is 14.1. The molecule has 2 aliphatic rings. The average Bonchev–Trinajstić information content (AvgIpc) is 2.73. The molecule has 2 aromatic carbocycles. The van der Waals surface area contributed by atoms with Crippen LogP contribution in [0.5, 0.6) is 0 Å². The second kappa shape index (κ2) is 8.78. The van der Waals surface area contributed by atoms with Gasteiger partial charge in [0.15, 0.2) is 0 Å². The summed E-state index contributed by atoms with van der Waals surface area (Å²) in [6.07, 6.45) is 4.92. The summed E-state index contributed by atoms with van der Waals surface area (Å²) in [6, 6.07) is 15.8. The first kappa shape index (κ1) is 19.6. The van der Waals surface area contributed by atoms with E-state index in [0.29, 0.717) is 23.6 Å². The van der Waals surface area contributed by atoms with Gasteiger partial charge in [-0.2, -0.15) is 0 Å². The molecule has 2 amide bonds. The quantitative estimate of drug-likeness (QED) is 0.791. The van der Waals surface area contributed by atoms with Crippen LogP contribution in [0, 0.1) is 5.92 Å². The van der Waals surface area contributed by atoms with Gasteiger partial charge in [-0.3, -0.25) is 9.59 Å². The minimum absolute atomic E-state index is 0.0693. The Kier molecular flexibility index (Phi) is 5.95. The predicted molar refractivity (Wildman–Crippen MR) is 115 cm³/mol. The van der Waals surface area contributed by atoms with Crippen molar-refractivity contribution in [3.63, 3.8) is 0 Å². The lowest BCUT2D eigenvalue weighted by molar-refractivity contribution is -0.116. The van der Waals surface area contributed by atoms with Gasteiger partial charge in [-0.25, -0.2) is 0 Å². The number of hydrogen-bond donors (Lipinski definition) is 2. The van der Waals surface area contributed by atoms with E-state index in [1.54, 1.807) is 29.8 Å². The number of nitrogens with one attached hydrogen (secondary N) is 1. The van der Waals surface area contributed by atoms with Crippen LogP contribution in [0.4, 0.5) is 5.69 Å². The monoisotopic (exact) mass is 391 g/mol. The average molecular weight is 392 g/mol. The predicted octanol–water partition coefficient (Wildman–Crippen LogP) is 3.56. The number of hydrogen-bond acceptors (Lipinski definition) is 3. The highest BCUT2D eigenvalue weighted by molar-refractivity contribution is 6.02. The molecule has 29 heavy (non-hydrogen) atoms. The van der Waals surface area contributed by atoms with Crippen molar-refractivity contribution in [1.29, 1.82) is 0 Å². The first-order valence-corrected chi connectivity index (χ1v) is 10.6. The molecule has 1 fully saturated rings. The van der Waals surface area contributed by atoms with Gasteiger partial charge in [0.25, 0.3) is 5.91 Å². The number of piperidine rings is 1. The SMILES string of the molecule is NC(=O)c1ccccc1NC(=O)CCCN1CC[C@@H]2c3ccccc3CC[C@@H]2C1. The molecule has 1 aliphatic heterocycles. The number of fused-ring (bicyclic) bond motifs is 3. The molecule has 1 saturated heterocycles. The van der Waals surface area contributed by atoms with Gasteiger partial charge in [-0.15, -0.1) is 0 Å². The third kappa shape index (κ3) is 4.51. The van der Waals surface area contributed by atoms with Gasteiger partial charge in [0, 0.05) is 13.0 Å². The maximum atomic E-state index is 12.3. The van der Waals surface area contributed by atoms with Gasteiger partial charge in [0.1, 0.15) is 0 Å². The molecule has 5 nitrogen and oxygen atoms in total. The zero-order valence-electron chi connectivity index (χ0n) is 16.8. The molecule has 0 bridgehead atoms. The van der Waals surface area contributed by atoms with Crippen LogP contribution in [0.15, 0.2) is 48.5 Å². The van der Waals surface area contributed by atoms with E-state index in [1.807, 2.05) is 0 Å². The van der Waals surface area contributed by atoms with Crippen LogP contribution in [-0.2, 0) is 11.2 Å². The Morgan fingerprint density at radius 2 is 1.86 bits per heavy atom. The molecule has 5 heteroatoms. The smallest absolute Gasteiger partial charge is 0.250 e. The van der Waals surface area contributed by atoms with Crippen molar-refractivity contribution in [3.8, 4) is 0 Å². The van der Waals surface area contributed by atoms with E-state index in [2.05, 4.69) is 34.5 Å². The van der Waals surface area contributed by atoms with Crippen molar-refractivity contribution in [2.75, 3.05) is 25.0 Å². The molecule has 2 aromatic rings. The van der Waals surface area contributed by atoms with E-state index in [0.717, 1.165) is 32.0 Å². The minimum atomic E-state index is -0.530. The lowest BCUT2D eigenvalue weighted by Gasteiger charge is -2.42. The maximum Gasteiger partial charge on any atom is 0.250 e. The Morgan fingerprint density at radius 1 is 1.07 bits per heavy atom. The lowest BCUT2D eigenvalue weighted by atomic mass is 9.71. The molecule has 0 unspecified atom stereocenters. The third-order valence-electron chi connectivity index (χ3n) is 6.40. The van der Waals surface area contributed by atoms with Gasteiger partial charge >= 0.3 is 0 Å². The summed E-state index contributed by atoms with van der Waals surface area (Å²) < 4.78 is 0. The van der Waals surface area contributed by atoms with Crippen molar-refractivity contribution >= 4 is 17.5 Å². The van der Waals surface area contributed by atoms with Crippen LogP contribution in [0.3, 0.4) is 0 Å². The number of para-hydroxylation sites is 1. The number of anilines is 1. The van der Waals surface area contributed by atoms with Crippen LogP contribution < -0.4 is 11.1 Å². The number of nitrogens with zero attached hydrogens (tertiary/aromatic N) is 1. The van der Waals surface area contributed by atoms with E-state index in [1.165, 1.54) is 24.8 Å². The summed E-state index contributed by atoms with van der Waals surface area (Å²) in [5.74, 6) is 0.831. The van der Waals surface area contributed by atoms with Gasteiger partial charge in [0.2, 0.25) is 5.91 Å². The summed E-state index contributed by atoms with van der Waals surface area (Å²) in [5.41, 5.74) is 9.32. The van der Waals surface area contributed by atoms with Crippen molar-refractivity contribution < 1.29 is 9.59 Å². The molecular weight excluding hydrogens is 362 g/mol. The summed E-state index contributed by atoms with van der Waals surface area (Å²) in [7, 11) is 0. The highest BCUT2D eigenvalue weighted by Gasteiger charge is 2.33. The molecular formula is C24H29N3O2. The van der Waals surface area contributed by atoms with E-state index in [-0.39, 0.29) is 5.91 Å². The lowest BCUT2D eigenvalue weighted by Crippen LogP contribution is -2.41. The molecule has 0 aromatic heterocycles. The van der Waals surface area contributed by atoms with E-state index < -0.39 is 5.91 Å². The Bertz CT molecular complexity index is 895. The highest BCUT2D eigenvalue weighted by Crippen LogP contribution is 2.41. The van der Waals surface area contributed by atoms with Crippen LogP contribution in [-0.4, -0.2) is 36.3 Å². The minimum Gasteiger partial charge on any atom is -0.366 e. The van der Waals surface area contributed by atoms with Gasteiger partial charge in [-0.1, -0.05) is 36.4 Å². The molecule has 3 N–H and O–H groups in total. The number of benzene rings is 2. The number of aryl methyl sites for hydroxylation is 1. The molecule has 2 atom stereocenters. The number of amides is 2. The highest BCUT2D eigenvalue weighted by atomic mass is 16.2. The summed E-state index contributed by atoms with van der Waals surface area (Å²) in [6.45, 7) is 3.17. The van der Waals surface area contributed by atoms with Gasteiger partial charge in [-0.05, 0) is 73.9 Å². The van der Waals surface area contributed by atoms with E-state index in [9.17, 15) is 9.59 Å². The maximum absolute atomic E-state index is 12.3. The fraction of sp³-hybridized carbons (Fsp3) is 0.417. The third-order valence-corrected chi connectivity index (χ3v) is 6.40. The molecule has 1 heterocycles. The molecule has 0 radical (unpaired) electrons. The Morgan fingerprint density at radius 3 is 2.72 bits per heavy atom.